The molecule has 9 rings (SSSR count). The molecule has 0 atom stereocenters. The summed E-state index contributed by atoms with van der Waals surface area (Å²) in [6.07, 6.45) is 4.14. The molecule has 0 unspecified atom stereocenters. The van der Waals surface area contributed by atoms with Crippen LogP contribution in [0.3, 0.4) is 0 Å². The van der Waals surface area contributed by atoms with Crippen molar-refractivity contribution in [3.05, 3.63) is 174 Å². The van der Waals surface area contributed by atoms with Gasteiger partial charge in [-0.05, 0) is 40.5 Å². The molecule has 8 aromatic rings. The monoisotopic (exact) mass is 535 g/mol. The minimum Gasteiger partial charge on any atom is -0.307 e. The Morgan fingerprint density at radius 2 is 1.07 bits per heavy atom. The molecule has 3 aromatic heterocycles. The van der Waals surface area contributed by atoms with E-state index in [9.17, 15) is 0 Å². The van der Waals surface area contributed by atoms with Crippen molar-refractivity contribution in [1.82, 2.24) is 14.5 Å². The highest BCUT2D eigenvalue weighted by Gasteiger charge is 2.48. The second kappa shape index (κ2) is 8.73. The van der Waals surface area contributed by atoms with Crippen molar-refractivity contribution in [3.8, 4) is 16.8 Å². The Balaban J connectivity index is 1.51. The average molecular weight is 536 g/mol. The van der Waals surface area contributed by atoms with Gasteiger partial charge in [0, 0.05) is 40.0 Å². The summed E-state index contributed by atoms with van der Waals surface area (Å²) < 4.78 is 2.35. The molecular formula is C39H25N3. The van der Waals surface area contributed by atoms with E-state index >= 15 is 0 Å². The molecule has 3 heterocycles. The second-order valence-corrected chi connectivity index (χ2v) is 11.0. The summed E-state index contributed by atoms with van der Waals surface area (Å²) in [7, 11) is 0. The van der Waals surface area contributed by atoms with Crippen LogP contribution in [0.1, 0.15) is 22.3 Å². The van der Waals surface area contributed by atoms with E-state index in [0.29, 0.717) is 0 Å². The standard InChI is InChI=1S/C39H25N3/c1-4-14-26(15-5-1)39(27-16-6-2-7-17-27)33-22-12-10-20-29(33)31-24-41-37-36(35(31)39)40-25-32-30-21-11-13-23-34(30)42(38(32)37)28-18-8-3-9-19-28/h1-25H. The van der Waals surface area contributed by atoms with Crippen LogP contribution in [0, 0.1) is 0 Å². The molecule has 0 saturated heterocycles. The molecule has 3 heteroatoms. The predicted octanol–water partition coefficient (Wildman–Crippen LogP) is 9.09. The lowest BCUT2D eigenvalue weighted by atomic mass is 9.67. The van der Waals surface area contributed by atoms with Gasteiger partial charge in [0.2, 0.25) is 0 Å². The molecule has 0 spiro atoms. The van der Waals surface area contributed by atoms with Gasteiger partial charge in [-0.2, -0.15) is 0 Å². The molecule has 1 aliphatic carbocycles. The number of para-hydroxylation sites is 2. The third kappa shape index (κ3) is 2.94. The molecule has 0 bridgehead atoms. The van der Waals surface area contributed by atoms with Gasteiger partial charge in [-0.3, -0.25) is 9.97 Å². The summed E-state index contributed by atoms with van der Waals surface area (Å²) in [6, 6.07) is 49.7. The average Bonchev–Trinajstić information content (AvgIpc) is 3.57. The van der Waals surface area contributed by atoms with Crippen molar-refractivity contribution >= 4 is 32.8 Å². The largest absolute Gasteiger partial charge is 0.307 e. The van der Waals surface area contributed by atoms with Crippen molar-refractivity contribution in [3.63, 3.8) is 0 Å². The number of rotatable bonds is 3. The summed E-state index contributed by atoms with van der Waals surface area (Å²) in [5, 5.41) is 2.28. The third-order valence-corrected chi connectivity index (χ3v) is 8.94. The lowest BCUT2D eigenvalue weighted by molar-refractivity contribution is 0.772. The van der Waals surface area contributed by atoms with Gasteiger partial charge in [0.25, 0.3) is 0 Å². The van der Waals surface area contributed by atoms with E-state index < -0.39 is 5.41 Å². The number of benzene rings is 5. The first-order valence-electron chi connectivity index (χ1n) is 14.3. The van der Waals surface area contributed by atoms with Crippen LogP contribution >= 0.6 is 0 Å². The summed E-state index contributed by atoms with van der Waals surface area (Å²) >= 11 is 0. The Morgan fingerprint density at radius 3 is 1.81 bits per heavy atom. The molecule has 42 heavy (non-hydrogen) atoms. The molecule has 0 radical (unpaired) electrons. The van der Waals surface area contributed by atoms with Gasteiger partial charge in [-0.15, -0.1) is 0 Å². The van der Waals surface area contributed by atoms with Crippen LogP contribution in [0.15, 0.2) is 152 Å². The Hall–Kier alpha value is -5.54. The number of pyridine rings is 2. The van der Waals surface area contributed by atoms with E-state index in [1.165, 1.54) is 33.2 Å². The van der Waals surface area contributed by atoms with Gasteiger partial charge < -0.3 is 4.57 Å². The molecule has 0 saturated carbocycles. The van der Waals surface area contributed by atoms with Gasteiger partial charge >= 0.3 is 0 Å². The lowest BCUT2D eigenvalue weighted by Gasteiger charge is -2.34. The summed E-state index contributed by atoms with van der Waals surface area (Å²) in [5.41, 5.74) is 11.9. The van der Waals surface area contributed by atoms with Crippen LogP contribution in [-0.4, -0.2) is 14.5 Å². The molecule has 5 aromatic carbocycles. The van der Waals surface area contributed by atoms with Gasteiger partial charge in [-0.1, -0.05) is 121 Å². The zero-order valence-corrected chi connectivity index (χ0v) is 22.8. The topological polar surface area (TPSA) is 30.7 Å². The fraction of sp³-hybridized carbons (Fsp3) is 0.0256. The molecule has 0 fully saturated rings. The predicted molar refractivity (Wildman–Crippen MR) is 171 cm³/mol. The highest BCUT2D eigenvalue weighted by atomic mass is 15.0. The number of aromatic nitrogens is 3. The minimum atomic E-state index is -0.542. The second-order valence-electron chi connectivity index (χ2n) is 11.0. The molecular weight excluding hydrogens is 510 g/mol. The normalized spacial score (nSPS) is 13.4. The maximum Gasteiger partial charge on any atom is 0.114 e. The Bertz CT molecular complexity index is 2250. The SMILES string of the molecule is c1ccc(-n2c3ccccc3c3cnc4c5c(cnc4c32)-c2ccccc2C5(c2ccccc2)c2ccccc2)cc1. The molecule has 3 nitrogen and oxygen atoms in total. The Labute approximate surface area is 243 Å². The van der Waals surface area contributed by atoms with Crippen molar-refractivity contribution < 1.29 is 0 Å². The Kier molecular flexibility index (Phi) is 4.82. The first-order valence-corrected chi connectivity index (χ1v) is 14.3. The maximum atomic E-state index is 5.29. The van der Waals surface area contributed by atoms with Crippen LogP contribution in [0.5, 0.6) is 0 Å². The Morgan fingerprint density at radius 1 is 0.476 bits per heavy atom. The van der Waals surface area contributed by atoms with Gasteiger partial charge in [0.05, 0.1) is 22.0 Å². The maximum absolute atomic E-state index is 5.29. The van der Waals surface area contributed by atoms with E-state index in [2.05, 4.69) is 156 Å². The number of nitrogens with zero attached hydrogens (tertiary/aromatic N) is 3. The summed E-state index contributed by atoms with van der Waals surface area (Å²) in [4.78, 5) is 10.5. The molecule has 1 aliphatic rings. The van der Waals surface area contributed by atoms with Crippen LogP contribution in [0.25, 0.3) is 49.7 Å². The van der Waals surface area contributed by atoms with E-state index in [4.69, 9.17) is 9.97 Å². The minimum absolute atomic E-state index is 0.542. The van der Waals surface area contributed by atoms with Crippen LogP contribution in [-0.2, 0) is 5.41 Å². The number of hydrogen-bond acceptors (Lipinski definition) is 2. The summed E-state index contributed by atoms with van der Waals surface area (Å²) in [5.74, 6) is 0. The van der Waals surface area contributed by atoms with E-state index in [1.807, 2.05) is 0 Å². The molecule has 0 aliphatic heterocycles. The van der Waals surface area contributed by atoms with Crippen molar-refractivity contribution in [1.29, 1.82) is 0 Å². The van der Waals surface area contributed by atoms with Crippen LogP contribution < -0.4 is 0 Å². The number of hydrogen-bond donors (Lipinski definition) is 0. The summed E-state index contributed by atoms with van der Waals surface area (Å²) in [6.45, 7) is 0. The van der Waals surface area contributed by atoms with Crippen LogP contribution in [0.4, 0.5) is 0 Å². The van der Waals surface area contributed by atoms with Gasteiger partial charge in [-0.25, -0.2) is 0 Å². The first kappa shape index (κ1) is 23.2. The lowest BCUT2D eigenvalue weighted by Crippen LogP contribution is -2.29. The van der Waals surface area contributed by atoms with Crippen LogP contribution in [0.2, 0.25) is 0 Å². The van der Waals surface area contributed by atoms with Gasteiger partial charge in [0.1, 0.15) is 5.52 Å². The number of fused-ring (bicyclic) bond motifs is 9. The fourth-order valence-electron chi connectivity index (χ4n) is 7.31. The molecule has 0 N–H and O–H groups in total. The third-order valence-electron chi connectivity index (χ3n) is 8.94. The zero-order chi connectivity index (χ0) is 27.7. The van der Waals surface area contributed by atoms with Crippen molar-refractivity contribution in [2.75, 3.05) is 0 Å². The first-order chi connectivity index (χ1) is 20.9. The smallest absolute Gasteiger partial charge is 0.114 e. The van der Waals surface area contributed by atoms with E-state index in [-0.39, 0.29) is 0 Å². The quantitative estimate of drug-likeness (QED) is 0.226. The van der Waals surface area contributed by atoms with Gasteiger partial charge in [0.15, 0.2) is 0 Å². The highest BCUT2D eigenvalue weighted by molar-refractivity contribution is 6.17. The van der Waals surface area contributed by atoms with Crippen molar-refractivity contribution in [2.45, 2.75) is 5.41 Å². The van der Waals surface area contributed by atoms with E-state index in [1.54, 1.807) is 0 Å². The van der Waals surface area contributed by atoms with E-state index in [0.717, 1.165) is 38.7 Å². The van der Waals surface area contributed by atoms with Crippen molar-refractivity contribution in [2.24, 2.45) is 0 Å². The fourth-order valence-corrected chi connectivity index (χ4v) is 7.31. The highest BCUT2D eigenvalue weighted by Crippen LogP contribution is 2.57. The zero-order valence-electron chi connectivity index (χ0n) is 22.8. The molecule has 196 valence electrons. The molecule has 0 amide bonds.